The molecule has 1 N–H and O–H groups in total. The fourth-order valence-electron chi connectivity index (χ4n) is 2.06. The zero-order valence-electron chi connectivity index (χ0n) is 8.51. The number of methoxy groups -OCH3 is 1. The van der Waals surface area contributed by atoms with Crippen LogP contribution in [0.4, 0.5) is 0 Å². The van der Waals surface area contributed by atoms with Crippen molar-refractivity contribution in [3.63, 3.8) is 0 Å². The monoisotopic (exact) mass is 185 g/mol. The Kier molecular flexibility index (Phi) is 4.22. The highest BCUT2D eigenvalue weighted by atomic mass is 16.5. The Labute approximate surface area is 79.8 Å². The first-order valence-electron chi connectivity index (χ1n) is 5.08. The molecule has 1 rings (SSSR count). The molecule has 0 aliphatic carbocycles. The van der Waals surface area contributed by atoms with Gasteiger partial charge in [-0.2, -0.15) is 0 Å². The van der Waals surface area contributed by atoms with Crippen molar-refractivity contribution >= 4 is 5.97 Å². The lowest BCUT2D eigenvalue weighted by atomic mass is 9.83. The molecule has 0 spiro atoms. The lowest BCUT2D eigenvalue weighted by molar-refractivity contribution is -0.148. The van der Waals surface area contributed by atoms with Gasteiger partial charge in [-0.15, -0.1) is 0 Å². The van der Waals surface area contributed by atoms with Crippen LogP contribution in [0.25, 0.3) is 0 Å². The Morgan fingerprint density at radius 2 is 2.38 bits per heavy atom. The number of piperidine rings is 1. The highest BCUT2D eigenvalue weighted by molar-refractivity contribution is 5.73. The summed E-state index contributed by atoms with van der Waals surface area (Å²) in [4.78, 5) is 11.4. The quantitative estimate of drug-likeness (QED) is 0.671. The largest absolute Gasteiger partial charge is 0.469 e. The summed E-state index contributed by atoms with van der Waals surface area (Å²) in [7, 11) is 1.47. The smallest absolute Gasteiger partial charge is 0.310 e. The molecule has 13 heavy (non-hydrogen) atoms. The number of nitrogens with one attached hydrogen (secondary N) is 1. The number of carbonyl (C=O) groups excluding carboxylic acids is 1. The van der Waals surface area contributed by atoms with Crippen molar-refractivity contribution < 1.29 is 9.53 Å². The maximum atomic E-state index is 11.4. The molecule has 76 valence electrons. The van der Waals surface area contributed by atoms with Crippen LogP contribution in [0.15, 0.2) is 0 Å². The molecule has 2 unspecified atom stereocenters. The molecular weight excluding hydrogens is 166 g/mol. The second-order valence-electron chi connectivity index (χ2n) is 3.67. The van der Waals surface area contributed by atoms with Gasteiger partial charge in [0.2, 0.25) is 0 Å². The van der Waals surface area contributed by atoms with Crippen molar-refractivity contribution in [2.24, 2.45) is 11.8 Å². The summed E-state index contributed by atoms with van der Waals surface area (Å²) in [5, 5.41) is 3.24. The van der Waals surface area contributed by atoms with E-state index in [1.807, 2.05) is 0 Å². The molecule has 1 aliphatic rings. The van der Waals surface area contributed by atoms with E-state index in [2.05, 4.69) is 12.2 Å². The SMILES string of the molecule is CCCC1CCNCC1C(=O)OC. The van der Waals surface area contributed by atoms with E-state index in [4.69, 9.17) is 4.74 Å². The molecule has 1 saturated heterocycles. The number of rotatable bonds is 3. The Bertz CT molecular complexity index is 168. The van der Waals surface area contributed by atoms with Crippen molar-refractivity contribution in [1.29, 1.82) is 0 Å². The third-order valence-corrected chi connectivity index (χ3v) is 2.79. The summed E-state index contributed by atoms with van der Waals surface area (Å²) in [6.45, 7) is 3.99. The van der Waals surface area contributed by atoms with E-state index in [0.29, 0.717) is 5.92 Å². The maximum Gasteiger partial charge on any atom is 0.310 e. The van der Waals surface area contributed by atoms with Gasteiger partial charge in [0.05, 0.1) is 13.0 Å². The van der Waals surface area contributed by atoms with Gasteiger partial charge >= 0.3 is 5.97 Å². The van der Waals surface area contributed by atoms with E-state index in [0.717, 1.165) is 32.4 Å². The summed E-state index contributed by atoms with van der Waals surface area (Å²) >= 11 is 0. The van der Waals surface area contributed by atoms with Crippen LogP contribution >= 0.6 is 0 Å². The molecule has 2 atom stereocenters. The van der Waals surface area contributed by atoms with Gasteiger partial charge in [0.25, 0.3) is 0 Å². The molecule has 0 radical (unpaired) electrons. The summed E-state index contributed by atoms with van der Waals surface area (Å²) in [6, 6.07) is 0. The summed E-state index contributed by atoms with van der Waals surface area (Å²) in [5.74, 6) is 0.558. The molecule has 0 aromatic rings. The van der Waals surface area contributed by atoms with Crippen LogP contribution in [-0.4, -0.2) is 26.2 Å². The molecule has 0 bridgehead atoms. The average Bonchev–Trinajstić information content (AvgIpc) is 2.18. The summed E-state index contributed by atoms with van der Waals surface area (Å²) < 4.78 is 4.79. The highest BCUT2D eigenvalue weighted by Gasteiger charge is 2.30. The van der Waals surface area contributed by atoms with E-state index in [9.17, 15) is 4.79 Å². The second kappa shape index (κ2) is 5.22. The topological polar surface area (TPSA) is 38.3 Å². The molecule has 3 nitrogen and oxygen atoms in total. The highest BCUT2D eigenvalue weighted by Crippen LogP contribution is 2.24. The molecule has 0 aromatic heterocycles. The maximum absolute atomic E-state index is 11.4. The fraction of sp³-hybridized carbons (Fsp3) is 0.900. The van der Waals surface area contributed by atoms with Crippen molar-refractivity contribution in [1.82, 2.24) is 5.32 Å². The summed E-state index contributed by atoms with van der Waals surface area (Å²) in [5.41, 5.74) is 0. The van der Waals surface area contributed by atoms with Gasteiger partial charge in [0.15, 0.2) is 0 Å². The Morgan fingerprint density at radius 1 is 1.62 bits per heavy atom. The lowest BCUT2D eigenvalue weighted by Gasteiger charge is -2.29. The third kappa shape index (κ3) is 2.69. The van der Waals surface area contributed by atoms with Gasteiger partial charge in [-0.1, -0.05) is 13.3 Å². The number of ether oxygens (including phenoxy) is 1. The first kappa shape index (κ1) is 10.5. The second-order valence-corrected chi connectivity index (χ2v) is 3.67. The number of hydrogen-bond donors (Lipinski definition) is 1. The van der Waals surface area contributed by atoms with Crippen molar-refractivity contribution in [2.45, 2.75) is 26.2 Å². The fourth-order valence-corrected chi connectivity index (χ4v) is 2.06. The number of esters is 1. The Hall–Kier alpha value is -0.570. The van der Waals surface area contributed by atoms with Gasteiger partial charge in [-0.05, 0) is 25.3 Å². The minimum Gasteiger partial charge on any atom is -0.469 e. The molecule has 1 aliphatic heterocycles. The van der Waals surface area contributed by atoms with Gasteiger partial charge in [0.1, 0.15) is 0 Å². The van der Waals surface area contributed by atoms with Crippen LogP contribution in [0.3, 0.4) is 0 Å². The van der Waals surface area contributed by atoms with Crippen molar-refractivity contribution in [2.75, 3.05) is 20.2 Å². The van der Waals surface area contributed by atoms with Gasteiger partial charge in [0, 0.05) is 6.54 Å². The zero-order chi connectivity index (χ0) is 9.68. The molecular formula is C10H19NO2. The number of carbonyl (C=O) groups is 1. The Balaban J connectivity index is 2.50. The van der Waals surface area contributed by atoms with E-state index in [-0.39, 0.29) is 11.9 Å². The van der Waals surface area contributed by atoms with E-state index in [1.165, 1.54) is 7.11 Å². The minimum absolute atomic E-state index is 0.0503. The Morgan fingerprint density at radius 3 is 3.00 bits per heavy atom. The molecule has 1 fully saturated rings. The minimum atomic E-state index is -0.0503. The van der Waals surface area contributed by atoms with E-state index in [1.54, 1.807) is 0 Å². The first-order valence-corrected chi connectivity index (χ1v) is 5.08. The van der Waals surface area contributed by atoms with Gasteiger partial charge in [-0.3, -0.25) is 4.79 Å². The van der Waals surface area contributed by atoms with Crippen LogP contribution in [-0.2, 0) is 9.53 Å². The van der Waals surface area contributed by atoms with Crippen LogP contribution in [0, 0.1) is 11.8 Å². The van der Waals surface area contributed by atoms with Gasteiger partial charge < -0.3 is 10.1 Å². The number of hydrogen-bond acceptors (Lipinski definition) is 3. The molecule has 0 aromatic carbocycles. The zero-order valence-corrected chi connectivity index (χ0v) is 8.51. The van der Waals surface area contributed by atoms with Crippen molar-refractivity contribution in [3.8, 4) is 0 Å². The van der Waals surface area contributed by atoms with E-state index < -0.39 is 0 Å². The van der Waals surface area contributed by atoms with Gasteiger partial charge in [-0.25, -0.2) is 0 Å². The molecule has 0 amide bonds. The molecule has 1 heterocycles. The predicted molar refractivity (Wildman–Crippen MR) is 51.4 cm³/mol. The predicted octanol–water partition coefficient (Wildman–Crippen LogP) is 1.19. The van der Waals surface area contributed by atoms with Crippen LogP contribution in [0.2, 0.25) is 0 Å². The normalized spacial score (nSPS) is 28.5. The standard InChI is InChI=1S/C10H19NO2/c1-3-4-8-5-6-11-7-9(8)10(12)13-2/h8-9,11H,3-7H2,1-2H3. The third-order valence-electron chi connectivity index (χ3n) is 2.79. The van der Waals surface area contributed by atoms with Crippen LogP contribution in [0.5, 0.6) is 0 Å². The lowest BCUT2D eigenvalue weighted by Crippen LogP contribution is -2.41. The van der Waals surface area contributed by atoms with Crippen LogP contribution in [0.1, 0.15) is 26.2 Å². The van der Waals surface area contributed by atoms with Crippen LogP contribution < -0.4 is 5.32 Å². The molecule has 3 heteroatoms. The van der Waals surface area contributed by atoms with E-state index >= 15 is 0 Å². The average molecular weight is 185 g/mol. The summed E-state index contributed by atoms with van der Waals surface area (Å²) in [6.07, 6.45) is 3.40. The first-order chi connectivity index (χ1) is 6.29. The van der Waals surface area contributed by atoms with Crippen molar-refractivity contribution in [3.05, 3.63) is 0 Å². The molecule has 0 saturated carbocycles.